The van der Waals surface area contributed by atoms with E-state index in [9.17, 15) is 4.79 Å². The zero-order chi connectivity index (χ0) is 18.6. The Morgan fingerprint density at radius 2 is 1.96 bits per heavy atom. The number of hydrogen-bond acceptors (Lipinski definition) is 5. The molecule has 6 nitrogen and oxygen atoms in total. The molecular weight excluding hydrogens is 328 g/mol. The highest BCUT2D eigenvalue weighted by molar-refractivity contribution is 5.81. The lowest BCUT2D eigenvalue weighted by molar-refractivity contribution is -0.129. The molecule has 0 atom stereocenters. The fourth-order valence-corrected chi connectivity index (χ4v) is 3.88. The first-order valence-electron chi connectivity index (χ1n) is 8.97. The summed E-state index contributed by atoms with van der Waals surface area (Å²) in [5.74, 6) is 0.560. The van der Waals surface area contributed by atoms with Crippen molar-refractivity contribution in [3.05, 3.63) is 42.5 Å². The molecule has 3 N–H and O–H groups in total. The zero-order valence-electron chi connectivity index (χ0n) is 15.4. The number of amides is 1. The Kier molecular flexibility index (Phi) is 5.52. The minimum Gasteiger partial charge on any atom is -0.496 e. The number of ether oxygens (including phenoxy) is 1. The molecule has 6 heteroatoms. The van der Waals surface area contributed by atoms with E-state index in [2.05, 4.69) is 21.4 Å². The average molecular weight is 354 g/mol. The third kappa shape index (κ3) is 3.70. The number of benzene rings is 1. The van der Waals surface area contributed by atoms with E-state index in [1.54, 1.807) is 19.5 Å². The van der Waals surface area contributed by atoms with Crippen molar-refractivity contribution in [2.24, 2.45) is 11.1 Å². The average Bonchev–Trinajstić information content (AvgIpc) is 2.69. The van der Waals surface area contributed by atoms with Gasteiger partial charge in [-0.1, -0.05) is 6.07 Å². The second-order valence-corrected chi connectivity index (χ2v) is 7.04. The maximum absolute atomic E-state index is 12.4. The van der Waals surface area contributed by atoms with Crippen molar-refractivity contribution < 1.29 is 9.53 Å². The number of nitrogens with zero attached hydrogens (tertiary/aromatic N) is 2. The van der Waals surface area contributed by atoms with Gasteiger partial charge in [0.15, 0.2) is 0 Å². The molecule has 1 aromatic carbocycles. The topological polar surface area (TPSA) is 90.1 Å². The van der Waals surface area contributed by atoms with E-state index in [-0.39, 0.29) is 5.91 Å². The molecule has 0 unspecified atom stereocenters. The first-order chi connectivity index (χ1) is 12.6. The van der Waals surface area contributed by atoms with Gasteiger partial charge in [-0.15, -0.1) is 0 Å². The summed E-state index contributed by atoms with van der Waals surface area (Å²) in [4.78, 5) is 20.5. The zero-order valence-corrected chi connectivity index (χ0v) is 15.4. The van der Waals surface area contributed by atoms with Gasteiger partial charge in [0, 0.05) is 24.0 Å². The molecule has 1 aliphatic carbocycles. The second-order valence-electron chi connectivity index (χ2n) is 7.04. The van der Waals surface area contributed by atoms with Crippen LogP contribution in [0.5, 0.6) is 5.75 Å². The maximum Gasteiger partial charge on any atom is 0.223 e. The monoisotopic (exact) mass is 354 g/mol. The Bertz CT molecular complexity index is 756. The van der Waals surface area contributed by atoms with Crippen LogP contribution < -0.4 is 15.8 Å². The summed E-state index contributed by atoms with van der Waals surface area (Å²) in [6.45, 7) is 0. The highest BCUT2D eigenvalue weighted by Gasteiger charge is 2.40. The van der Waals surface area contributed by atoms with E-state index in [0.717, 1.165) is 48.1 Å². The van der Waals surface area contributed by atoms with Gasteiger partial charge in [0.05, 0.1) is 12.5 Å². The standard InChI is InChI=1S/C20H26N4O2/c1-22-17-5-7-20(8-6-17,19(21)25)10-15-9-14(3-4-18(15)26-2)16-11-23-13-24-12-16/h3-4,9,11-13,17,22H,5-8,10H2,1-2H3,(H2,21,25). The van der Waals surface area contributed by atoms with Gasteiger partial charge in [-0.2, -0.15) is 0 Å². The molecule has 0 spiro atoms. The van der Waals surface area contributed by atoms with Gasteiger partial charge in [-0.3, -0.25) is 4.79 Å². The number of nitrogens with one attached hydrogen (secondary N) is 1. The molecule has 2 aromatic rings. The van der Waals surface area contributed by atoms with Gasteiger partial charge in [0.2, 0.25) is 5.91 Å². The van der Waals surface area contributed by atoms with E-state index in [1.165, 1.54) is 6.33 Å². The Morgan fingerprint density at radius 3 is 2.54 bits per heavy atom. The lowest BCUT2D eigenvalue weighted by atomic mass is 9.68. The Morgan fingerprint density at radius 1 is 1.27 bits per heavy atom. The normalized spacial score (nSPS) is 22.8. The van der Waals surface area contributed by atoms with E-state index in [4.69, 9.17) is 10.5 Å². The quantitative estimate of drug-likeness (QED) is 0.831. The largest absolute Gasteiger partial charge is 0.496 e. The van der Waals surface area contributed by atoms with Gasteiger partial charge < -0.3 is 15.8 Å². The van der Waals surface area contributed by atoms with Crippen LogP contribution in [0.25, 0.3) is 11.1 Å². The lowest BCUT2D eigenvalue weighted by Crippen LogP contribution is -2.45. The highest BCUT2D eigenvalue weighted by atomic mass is 16.5. The van der Waals surface area contributed by atoms with Gasteiger partial charge in [0.1, 0.15) is 12.1 Å². The Balaban J connectivity index is 1.93. The SMILES string of the molecule is CNC1CCC(Cc2cc(-c3cncnc3)ccc2OC)(C(N)=O)CC1. The van der Waals surface area contributed by atoms with Crippen molar-refractivity contribution in [3.8, 4) is 16.9 Å². The molecule has 3 rings (SSSR count). The van der Waals surface area contributed by atoms with Crippen LogP contribution in [-0.2, 0) is 11.2 Å². The maximum atomic E-state index is 12.4. The first-order valence-corrected chi connectivity index (χ1v) is 8.97. The molecule has 1 heterocycles. The van der Waals surface area contributed by atoms with E-state index in [0.29, 0.717) is 12.5 Å². The number of rotatable bonds is 6. The van der Waals surface area contributed by atoms with Crippen LogP contribution in [0.15, 0.2) is 36.9 Å². The molecule has 1 saturated carbocycles. The predicted molar refractivity (Wildman–Crippen MR) is 101 cm³/mol. The van der Waals surface area contributed by atoms with E-state index in [1.807, 2.05) is 19.2 Å². The molecular formula is C20H26N4O2. The molecule has 1 aromatic heterocycles. The summed E-state index contributed by atoms with van der Waals surface area (Å²) in [5, 5.41) is 3.31. The van der Waals surface area contributed by atoms with E-state index < -0.39 is 5.41 Å². The van der Waals surface area contributed by atoms with Crippen molar-refractivity contribution in [1.82, 2.24) is 15.3 Å². The van der Waals surface area contributed by atoms with Crippen molar-refractivity contribution in [1.29, 1.82) is 0 Å². The molecule has 26 heavy (non-hydrogen) atoms. The molecule has 0 saturated heterocycles. The van der Waals surface area contributed by atoms with Crippen LogP contribution in [0.1, 0.15) is 31.2 Å². The smallest absolute Gasteiger partial charge is 0.223 e. The summed E-state index contributed by atoms with van der Waals surface area (Å²) in [6.07, 6.45) is 9.13. The fourth-order valence-electron chi connectivity index (χ4n) is 3.88. The summed E-state index contributed by atoms with van der Waals surface area (Å²) in [5.41, 5.74) is 8.27. The number of nitrogens with two attached hydrogens (primary N) is 1. The summed E-state index contributed by atoms with van der Waals surface area (Å²) in [7, 11) is 3.62. The summed E-state index contributed by atoms with van der Waals surface area (Å²) < 4.78 is 5.55. The van der Waals surface area contributed by atoms with Crippen molar-refractivity contribution in [2.75, 3.05) is 14.2 Å². The Hall–Kier alpha value is -2.47. The predicted octanol–water partition coefficient (Wildman–Crippen LogP) is 2.33. The van der Waals surface area contributed by atoms with Gasteiger partial charge >= 0.3 is 0 Å². The molecule has 138 valence electrons. The van der Waals surface area contributed by atoms with Gasteiger partial charge in [-0.05, 0) is 62.4 Å². The van der Waals surface area contributed by atoms with Crippen LogP contribution in [-0.4, -0.2) is 36.1 Å². The number of aromatic nitrogens is 2. The summed E-state index contributed by atoms with van der Waals surface area (Å²) in [6, 6.07) is 6.44. The second kappa shape index (κ2) is 7.83. The van der Waals surface area contributed by atoms with Crippen LogP contribution in [0.4, 0.5) is 0 Å². The van der Waals surface area contributed by atoms with Crippen molar-refractivity contribution >= 4 is 5.91 Å². The molecule has 1 amide bonds. The molecule has 1 fully saturated rings. The lowest BCUT2D eigenvalue weighted by Gasteiger charge is -2.38. The van der Waals surface area contributed by atoms with Crippen LogP contribution in [0.2, 0.25) is 0 Å². The first kappa shape index (κ1) is 18.3. The van der Waals surface area contributed by atoms with Gasteiger partial charge in [-0.25, -0.2) is 9.97 Å². The third-order valence-electron chi connectivity index (χ3n) is 5.58. The number of hydrogen-bond donors (Lipinski definition) is 2. The minimum atomic E-state index is -0.521. The molecule has 1 aliphatic rings. The molecule has 0 bridgehead atoms. The highest BCUT2D eigenvalue weighted by Crippen LogP contribution is 2.41. The molecule has 0 radical (unpaired) electrons. The van der Waals surface area contributed by atoms with Crippen molar-refractivity contribution in [2.45, 2.75) is 38.1 Å². The van der Waals surface area contributed by atoms with Crippen LogP contribution in [0.3, 0.4) is 0 Å². The third-order valence-corrected chi connectivity index (χ3v) is 5.58. The minimum absolute atomic E-state index is 0.220. The number of methoxy groups -OCH3 is 1. The van der Waals surface area contributed by atoms with Crippen LogP contribution >= 0.6 is 0 Å². The fraction of sp³-hybridized carbons (Fsp3) is 0.450. The van der Waals surface area contributed by atoms with Crippen molar-refractivity contribution in [3.63, 3.8) is 0 Å². The Labute approximate surface area is 154 Å². The van der Waals surface area contributed by atoms with E-state index >= 15 is 0 Å². The number of carbonyl (C=O) groups is 1. The van der Waals surface area contributed by atoms with Gasteiger partial charge in [0.25, 0.3) is 0 Å². The van der Waals surface area contributed by atoms with Crippen LogP contribution in [0, 0.1) is 5.41 Å². The number of carbonyl (C=O) groups excluding carboxylic acids is 1. The number of primary amides is 1. The summed E-state index contributed by atoms with van der Waals surface area (Å²) >= 11 is 0. The molecule has 0 aliphatic heterocycles.